The summed E-state index contributed by atoms with van der Waals surface area (Å²) in [5.74, 6) is 2.64. The second kappa shape index (κ2) is 6.36. The van der Waals surface area contributed by atoms with Gasteiger partial charge in [-0.25, -0.2) is 9.97 Å². The van der Waals surface area contributed by atoms with Gasteiger partial charge in [-0.05, 0) is 13.8 Å². The molecule has 0 aliphatic carbocycles. The van der Waals surface area contributed by atoms with Crippen LogP contribution in [0.3, 0.4) is 0 Å². The fourth-order valence-electron chi connectivity index (χ4n) is 1.98. The lowest BCUT2D eigenvalue weighted by molar-refractivity contribution is 0.767. The van der Waals surface area contributed by atoms with Crippen LogP contribution in [-0.2, 0) is 20.0 Å². The van der Waals surface area contributed by atoms with E-state index in [1.54, 1.807) is 4.68 Å². The Balaban J connectivity index is 2.19. The zero-order valence-corrected chi connectivity index (χ0v) is 12.6. The van der Waals surface area contributed by atoms with Crippen molar-refractivity contribution in [2.75, 3.05) is 17.2 Å². The molecule has 2 aromatic rings. The highest BCUT2D eigenvalue weighted by molar-refractivity contribution is 5.57. The number of rotatable bonds is 6. The molecule has 2 heterocycles. The summed E-state index contributed by atoms with van der Waals surface area (Å²) in [7, 11) is 1.91. The number of nitrogens with one attached hydrogen (secondary N) is 2. The summed E-state index contributed by atoms with van der Waals surface area (Å²) in [6.45, 7) is 7.72. The minimum atomic E-state index is 0.709. The number of anilines is 2. The van der Waals surface area contributed by atoms with Gasteiger partial charge in [-0.2, -0.15) is 5.10 Å². The number of aryl methyl sites for hydroxylation is 2. The third kappa shape index (κ3) is 3.26. The van der Waals surface area contributed by atoms with Crippen molar-refractivity contribution in [3.05, 3.63) is 29.3 Å². The van der Waals surface area contributed by atoms with E-state index in [1.165, 1.54) is 0 Å². The Bertz CT molecular complexity index is 575. The lowest BCUT2D eigenvalue weighted by Gasteiger charge is -2.13. The highest BCUT2D eigenvalue weighted by Crippen LogP contribution is 2.20. The molecule has 0 amide bonds. The normalized spacial score (nSPS) is 10.6. The van der Waals surface area contributed by atoms with Crippen LogP contribution in [0, 0.1) is 6.92 Å². The number of aromatic nitrogens is 4. The maximum Gasteiger partial charge on any atom is 0.135 e. The maximum absolute atomic E-state index is 4.57. The number of hydrogen-bond acceptors (Lipinski definition) is 5. The second-order valence-corrected chi connectivity index (χ2v) is 4.72. The van der Waals surface area contributed by atoms with Crippen LogP contribution in [0.2, 0.25) is 0 Å². The molecule has 0 aromatic carbocycles. The Kier molecular flexibility index (Phi) is 4.55. The van der Waals surface area contributed by atoms with Crippen LogP contribution in [-0.4, -0.2) is 26.3 Å². The first-order valence-electron chi connectivity index (χ1n) is 6.96. The van der Waals surface area contributed by atoms with Crippen LogP contribution in [0.1, 0.15) is 30.8 Å². The molecule has 0 saturated heterocycles. The van der Waals surface area contributed by atoms with Crippen molar-refractivity contribution in [2.24, 2.45) is 7.05 Å². The first kappa shape index (κ1) is 14.3. The van der Waals surface area contributed by atoms with E-state index in [-0.39, 0.29) is 0 Å². The molecule has 20 heavy (non-hydrogen) atoms. The van der Waals surface area contributed by atoms with Gasteiger partial charge >= 0.3 is 0 Å². The summed E-state index contributed by atoms with van der Waals surface area (Å²) in [6.07, 6.45) is 4.67. The van der Waals surface area contributed by atoms with Crippen molar-refractivity contribution >= 4 is 11.6 Å². The zero-order valence-electron chi connectivity index (χ0n) is 12.6. The van der Waals surface area contributed by atoms with Gasteiger partial charge in [-0.1, -0.05) is 6.92 Å². The van der Waals surface area contributed by atoms with Crippen molar-refractivity contribution in [3.63, 3.8) is 0 Å². The van der Waals surface area contributed by atoms with Gasteiger partial charge in [0.25, 0.3) is 0 Å². The van der Waals surface area contributed by atoms with Gasteiger partial charge in [0.05, 0.1) is 6.20 Å². The van der Waals surface area contributed by atoms with Crippen molar-refractivity contribution < 1.29 is 0 Å². The fourth-order valence-corrected chi connectivity index (χ4v) is 1.98. The van der Waals surface area contributed by atoms with Gasteiger partial charge in [0.1, 0.15) is 17.5 Å². The van der Waals surface area contributed by atoms with Crippen LogP contribution in [0.4, 0.5) is 11.6 Å². The molecule has 6 heteroatoms. The first-order valence-corrected chi connectivity index (χ1v) is 6.96. The molecule has 0 spiro atoms. The number of nitrogens with zero attached hydrogens (tertiary/aromatic N) is 4. The van der Waals surface area contributed by atoms with E-state index < -0.39 is 0 Å². The van der Waals surface area contributed by atoms with Gasteiger partial charge < -0.3 is 10.6 Å². The summed E-state index contributed by atoms with van der Waals surface area (Å²) in [6, 6.07) is 0. The average Bonchev–Trinajstić information content (AvgIpc) is 2.85. The van der Waals surface area contributed by atoms with Gasteiger partial charge in [-0.15, -0.1) is 0 Å². The van der Waals surface area contributed by atoms with Gasteiger partial charge in [0.15, 0.2) is 0 Å². The maximum atomic E-state index is 4.57. The van der Waals surface area contributed by atoms with Crippen LogP contribution >= 0.6 is 0 Å². The van der Waals surface area contributed by atoms with Gasteiger partial charge in [0.2, 0.25) is 0 Å². The topological polar surface area (TPSA) is 67.7 Å². The van der Waals surface area contributed by atoms with Crippen molar-refractivity contribution in [1.82, 2.24) is 19.7 Å². The van der Waals surface area contributed by atoms with E-state index in [4.69, 9.17) is 0 Å². The van der Waals surface area contributed by atoms with E-state index in [9.17, 15) is 0 Å². The summed E-state index contributed by atoms with van der Waals surface area (Å²) in [5.41, 5.74) is 2.18. The molecule has 0 atom stereocenters. The summed E-state index contributed by atoms with van der Waals surface area (Å²) < 4.78 is 1.80. The zero-order chi connectivity index (χ0) is 14.5. The molecule has 2 aromatic heterocycles. The predicted octanol–water partition coefficient (Wildman–Crippen LogP) is 2.12. The van der Waals surface area contributed by atoms with Gasteiger partial charge in [-0.3, -0.25) is 4.68 Å². The molecular formula is C14H22N6. The summed E-state index contributed by atoms with van der Waals surface area (Å²) in [4.78, 5) is 9.09. The molecular weight excluding hydrogens is 252 g/mol. The van der Waals surface area contributed by atoms with Crippen LogP contribution in [0.15, 0.2) is 12.4 Å². The van der Waals surface area contributed by atoms with Crippen LogP contribution in [0.25, 0.3) is 0 Å². The van der Waals surface area contributed by atoms with E-state index >= 15 is 0 Å². The lowest BCUT2D eigenvalue weighted by Crippen LogP contribution is -2.10. The fraction of sp³-hybridized carbons (Fsp3) is 0.500. The molecule has 0 bridgehead atoms. The lowest BCUT2D eigenvalue weighted by atomic mass is 10.2. The summed E-state index contributed by atoms with van der Waals surface area (Å²) in [5, 5.41) is 10.8. The quantitative estimate of drug-likeness (QED) is 0.844. The average molecular weight is 274 g/mol. The van der Waals surface area contributed by atoms with E-state index in [0.29, 0.717) is 6.54 Å². The Morgan fingerprint density at radius 1 is 1.15 bits per heavy atom. The Labute approximate surface area is 119 Å². The van der Waals surface area contributed by atoms with Gasteiger partial charge in [0, 0.05) is 43.9 Å². The van der Waals surface area contributed by atoms with Crippen LogP contribution < -0.4 is 10.6 Å². The SMILES string of the molecule is CCNc1nc(CC)nc(NCc2cnn(C)c2)c1C. The molecule has 0 aliphatic rings. The monoisotopic (exact) mass is 274 g/mol. The molecule has 0 aliphatic heterocycles. The molecule has 0 unspecified atom stereocenters. The highest BCUT2D eigenvalue weighted by Gasteiger charge is 2.09. The Hall–Kier alpha value is -2.11. The second-order valence-electron chi connectivity index (χ2n) is 4.72. The largest absolute Gasteiger partial charge is 0.370 e. The molecule has 0 radical (unpaired) electrons. The first-order chi connectivity index (χ1) is 9.63. The van der Waals surface area contributed by atoms with Crippen molar-refractivity contribution in [2.45, 2.75) is 33.7 Å². The van der Waals surface area contributed by atoms with Crippen molar-refractivity contribution in [1.29, 1.82) is 0 Å². The smallest absolute Gasteiger partial charge is 0.135 e. The highest BCUT2D eigenvalue weighted by atomic mass is 15.2. The standard InChI is InChI=1S/C14H22N6/c1-5-12-18-13(15-6-2)10(3)14(19-12)16-7-11-8-17-20(4)9-11/h8-9H,5-7H2,1-4H3,(H2,15,16,18,19). The minimum absolute atomic E-state index is 0.709. The predicted molar refractivity (Wildman–Crippen MR) is 80.8 cm³/mol. The molecule has 2 rings (SSSR count). The molecule has 108 valence electrons. The third-order valence-corrected chi connectivity index (χ3v) is 3.07. The van der Waals surface area contributed by atoms with Crippen LogP contribution in [0.5, 0.6) is 0 Å². The Morgan fingerprint density at radius 3 is 2.40 bits per heavy atom. The molecule has 0 saturated carbocycles. The Morgan fingerprint density at radius 2 is 1.85 bits per heavy atom. The van der Waals surface area contributed by atoms with Crippen molar-refractivity contribution in [3.8, 4) is 0 Å². The minimum Gasteiger partial charge on any atom is -0.370 e. The molecule has 0 fully saturated rings. The summed E-state index contributed by atoms with van der Waals surface area (Å²) >= 11 is 0. The number of hydrogen-bond donors (Lipinski definition) is 2. The van der Waals surface area contributed by atoms with E-state index in [0.717, 1.165) is 41.6 Å². The third-order valence-electron chi connectivity index (χ3n) is 3.07. The molecule has 2 N–H and O–H groups in total. The molecule has 6 nitrogen and oxygen atoms in total. The van der Waals surface area contributed by atoms with E-state index in [2.05, 4.69) is 39.5 Å². The van der Waals surface area contributed by atoms with E-state index in [1.807, 2.05) is 26.4 Å².